The lowest BCUT2D eigenvalue weighted by atomic mass is 10.2. The predicted molar refractivity (Wildman–Crippen MR) is 95.9 cm³/mol. The van der Waals surface area contributed by atoms with Crippen LogP contribution in [0.1, 0.15) is 33.6 Å². The van der Waals surface area contributed by atoms with E-state index in [1.54, 1.807) is 11.0 Å². The van der Waals surface area contributed by atoms with Gasteiger partial charge in [-0.1, -0.05) is 0 Å². The summed E-state index contributed by atoms with van der Waals surface area (Å²) in [5.41, 5.74) is 0.333. The number of aryl methyl sites for hydroxylation is 1. The normalized spacial score (nSPS) is 20.1. The van der Waals surface area contributed by atoms with E-state index in [4.69, 9.17) is 4.74 Å². The van der Waals surface area contributed by atoms with Gasteiger partial charge in [-0.25, -0.2) is 9.88 Å². The van der Waals surface area contributed by atoms with E-state index < -0.39 is 18.1 Å². The molecular formula is C18H26N4O3. The molecule has 0 bridgehead atoms. The van der Waals surface area contributed by atoms with Crippen molar-refractivity contribution >= 4 is 22.8 Å². The lowest BCUT2D eigenvalue weighted by Crippen LogP contribution is -2.48. The van der Waals surface area contributed by atoms with Crippen molar-refractivity contribution in [2.45, 2.75) is 51.7 Å². The Morgan fingerprint density at radius 1 is 1.40 bits per heavy atom. The Balaban J connectivity index is 1.71. The van der Waals surface area contributed by atoms with E-state index in [2.05, 4.69) is 10.3 Å². The molecule has 1 saturated heterocycles. The van der Waals surface area contributed by atoms with Crippen molar-refractivity contribution in [3.05, 3.63) is 24.4 Å². The van der Waals surface area contributed by atoms with E-state index in [1.165, 1.54) is 0 Å². The number of anilines is 1. The van der Waals surface area contributed by atoms with Gasteiger partial charge < -0.3 is 19.7 Å². The fraction of sp³-hybridized carbons (Fsp3) is 0.556. The fourth-order valence-electron chi connectivity index (χ4n) is 3.13. The van der Waals surface area contributed by atoms with E-state index in [0.29, 0.717) is 18.8 Å². The molecule has 0 aromatic carbocycles. The fourth-order valence-corrected chi connectivity index (χ4v) is 3.13. The Kier molecular flexibility index (Phi) is 4.81. The molecule has 1 fully saturated rings. The summed E-state index contributed by atoms with van der Waals surface area (Å²) < 4.78 is 7.51. The molecule has 2 N–H and O–H groups in total. The van der Waals surface area contributed by atoms with Gasteiger partial charge in [-0.3, -0.25) is 4.79 Å². The van der Waals surface area contributed by atoms with E-state index in [0.717, 1.165) is 17.5 Å². The highest BCUT2D eigenvalue weighted by atomic mass is 16.6. The van der Waals surface area contributed by atoms with Crippen LogP contribution in [0.2, 0.25) is 0 Å². The second-order valence-corrected chi connectivity index (χ2v) is 7.48. The van der Waals surface area contributed by atoms with E-state index in [1.807, 2.05) is 50.7 Å². The summed E-state index contributed by atoms with van der Waals surface area (Å²) in [6.07, 6.45) is 2.36. The Hall–Kier alpha value is -1.96. The van der Waals surface area contributed by atoms with Crippen LogP contribution in [0.15, 0.2) is 24.4 Å². The molecule has 0 saturated carbocycles. The number of aliphatic hydroxyl groups excluding tert-OH is 1. The van der Waals surface area contributed by atoms with Crippen LogP contribution in [0.4, 0.5) is 5.82 Å². The van der Waals surface area contributed by atoms with Crippen LogP contribution in [0.25, 0.3) is 11.0 Å². The smallest absolute Gasteiger partial charge is 0.243 e. The van der Waals surface area contributed by atoms with Crippen LogP contribution in [0.5, 0.6) is 0 Å². The Bertz CT molecular complexity index is 765. The molecule has 0 spiro atoms. The van der Waals surface area contributed by atoms with E-state index in [-0.39, 0.29) is 5.91 Å². The number of amides is 1. The van der Waals surface area contributed by atoms with Crippen LogP contribution in [0.3, 0.4) is 0 Å². The SMILES string of the molecule is Cn1ccc2ccc(NC(=O)[C@@H]3CCCN3C(O)OC(C)(C)C)nc21. The maximum Gasteiger partial charge on any atom is 0.243 e. The lowest BCUT2D eigenvalue weighted by molar-refractivity contribution is -0.240. The summed E-state index contributed by atoms with van der Waals surface area (Å²) in [5.74, 6) is 0.340. The van der Waals surface area contributed by atoms with Gasteiger partial charge in [0.2, 0.25) is 12.3 Å². The van der Waals surface area contributed by atoms with E-state index >= 15 is 0 Å². The molecule has 7 heteroatoms. The zero-order valence-corrected chi connectivity index (χ0v) is 15.2. The van der Waals surface area contributed by atoms with Gasteiger partial charge in [-0.05, 0) is 51.8 Å². The monoisotopic (exact) mass is 346 g/mol. The zero-order valence-electron chi connectivity index (χ0n) is 15.2. The van der Waals surface area contributed by atoms with Gasteiger partial charge in [0.25, 0.3) is 0 Å². The quantitative estimate of drug-likeness (QED) is 0.829. The van der Waals surface area contributed by atoms with Crippen molar-refractivity contribution in [1.82, 2.24) is 14.5 Å². The summed E-state index contributed by atoms with van der Waals surface area (Å²) in [6, 6.07) is 5.28. The summed E-state index contributed by atoms with van der Waals surface area (Å²) in [4.78, 5) is 18.9. The highest BCUT2D eigenvalue weighted by Crippen LogP contribution is 2.24. The molecule has 2 aromatic heterocycles. The summed E-state index contributed by atoms with van der Waals surface area (Å²) in [6.45, 7) is 6.25. The van der Waals surface area contributed by atoms with E-state index in [9.17, 15) is 9.90 Å². The maximum atomic E-state index is 12.7. The van der Waals surface area contributed by atoms with Gasteiger partial charge in [-0.2, -0.15) is 0 Å². The van der Waals surface area contributed by atoms with Crippen molar-refractivity contribution in [2.75, 3.05) is 11.9 Å². The number of rotatable bonds is 4. The number of aliphatic hydroxyl groups is 1. The van der Waals surface area contributed by atoms with Crippen LogP contribution >= 0.6 is 0 Å². The number of pyridine rings is 1. The molecule has 3 rings (SSSR count). The number of hydrogen-bond donors (Lipinski definition) is 2. The number of nitrogens with one attached hydrogen (secondary N) is 1. The molecular weight excluding hydrogens is 320 g/mol. The topological polar surface area (TPSA) is 79.6 Å². The molecule has 0 radical (unpaired) electrons. The lowest BCUT2D eigenvalue weighted by Gasteiger charge is -2.32. The first kappa shape index (κ1) is 17.8. The molecule has 3 heterocycles. The summed E-state index contributed by atoms with van der Waals surface area (Å²) in [7, 11) is 1.92. The second-order valence-electron chi connectivity index (χ2n) is 7.48. The van der Waals surface area contributed by atoms with Gasteiger partial charge in [-0.15, -0.1) is 0 Å². The third-order valence-corrected chi connectivity index (χ3v) is 4.31. The molecule has 2 atom stereocenters. The standard InChI is InChI=1S/C18H26N4O3/c1-18(2,3)25-17(24)22-10-5-6-13(22)16(23)20-14-8-7-12-9-11-21(4)15(12)19-14/h7-9,11,13,17,24H,5-6,10H2,1-4H3,(H,19,20,23)/t13-,17?/m0/s1. The highest BCUT2D eigenvalue weighted by molar-refractivity contribution is 5.95. The molecule has 0 aliphatic carbocycles. The number of fused-ring (bicyclic) bond motifs is 1. The molecule has 7 nitrogen and oxygen atoms in total. The second kappa shape index (κ2) is 6.74. The number of hydrogen-bond acceptors (Lipinski definition) is 5. The zero-order chi connectivity index (χ0) is 18.2. The highest BCUT2D eigenvalue weighted by Gasteiger charge is 2.36. The Labute approximate surface area is 147 Å². The van der Waals surface area contributed by atoms with Crippen LogP contribution in [-0.4, -0.2) is 50.1 Å². The van der Waals surface area contributed by atoms with Crippen molar-refractivity contribution in [3.63, 3.8) is 0 Å². The minimum absolute atomic E-state index is 0.171. The first-order valence-electron chi connectivity index (χ1n) is 8.59. The first-order chi connectivity index (χ1) is 11.7. The van der Waals surface area contributed by atoms with Gasteiger partial charge in [0.05, 0.1) is 11.6 Å². The Morgan fingerprint density at radius 2 is 2.16 bits per heavy atom. The first-order valence-corrected chi connectivity index (χ1v) is 8.59. The van der Waals surface area contributed by atoms with Crippen molar-refractivity contribution < 1.29 is 14.6 Å². The van der Waals surface area contributed by atoms with Gasteiger partial charge >= 0.3 is 0 Å². The van der Waals surface area contributed by atoms with Crippen LogP contribution in [-0.2, 0) is 16.6 Å². The average molecular weight is 346 g/mol. The number of ether oxygens (including phenoxy) is 1. The van der Waals surface area contributed by atoms with Crippen LogP contribution < -0.4 is 5.32 Å². The molecule has 1 aliphatic heterocycles. The average Bonchev–Trinajstić information content (AvgIpc) is 3.13. The summed E-state index contributed by atoms with van der Waals surface area (Å²) in [5, 5.41) is 14.2. The number of likely N-dealkylation sites (tertiary alicyclic amines) is 1. The van der Waals surface area contributed by atoms with Gasteiger partial charge in [0, 0.05) is 25.2 Å². The van der Waals surface area contributed by atoms with Crippen molar-refractivity contribution in [1.29, 1.82) is 0 Å². The minimum atomic E-state index is -1.10. The predicted octanol–water partition coefficient (Wildman–Crippen LogP) is 2.07. The van der Waals surface area contributed by atoms with Gasteiger partial charge in [0.1, 0.15) is 11.5 Å². The largest absolute Gasteiger partial charge is 0.356 e. The number of carbonyl (C=O) groups is 1. The minimum Gasteiger partial charge on any atom is -0.356 e. The Morgan fingerprint density at radius 3 is 2.88 bits per heavy atom. The molecule has 136 valence electrons. The number of nitrogens with zero attached hydrogens (tertiary/aromatic N) is 3. The number of aromatic nitrogens is 2. The molecule has 1 amide bonds. The number of carbonyl (C=O) groups excluding carboxylic acids is 1. The third kappa shape index (κ3) is 4.00. The van der Waals surface area contributed by atoms with Crippen molar-refractivity contribution in [3.8, 4) is 0 Å². The molecule has 1 unspecified atom stereocenters. The van der Waals surface area contributed by atoms with Crippen molar-refractivity contribution in [2.24, 2.45) is 7.05 Å². The third-order valence-electron chi connectivity index (χ3n) is 4.31. The van der Waals surface area contributed by atoms with Gasteiger partial charge in [0.15, 0.2) is 0 Å². The molecule has 1 aliphatic rings. The van der Waals surface area contributed by atoms with Crippen LogP contribution in [0, 0.1) is 0 Å². The maximum absolute atomic E-state index is 12.7. The summed E-state index contributed by atoms with van der Waals surface area (Å²) >= 11 is 0. The molecule has 25 heavy (non-hydrogen) atoms. The molecule has 2 aromatic rings.